The Labute approximate surface area is 185 Å². The van der Waals surface area contributed by atoms with Gasteiger partial charge in [-0.15, -0.1) is 24.0 Å². The van der Waals surface area contributed by atoms with Gasteiger partial charge in [-0.3, -0.25) is 0 Å². The lowest BCUT2D eigenvalue weighted by Gasteiger charge is -2.22. The second-order valence-corrected chi connectivity index (χ2v) is 7.07. The zero-order chi connectivity index (χ0) is 18.9. The Balaban J connectivity index is 0.00000280. The maximum Gasteiger partial charge on any atom is 0.194 e. The summed E-state index contributed by atoms with van der Waals surface area (Å²) in [6, 6.07) is 10.4. The minimum atomic E-state index is 0. The molecule has 0 atom stereocenters. The fourth-order valence-electron chi connectivity index (χ4n) is 2.87. The summed E-state index contributed by atoms with van der Waals surface area (Å²) in [7, 11) is 2.05. The van der Waals surface area contributed by atoms with Crippen LogP contribution in [0, 0.1) is 5.92 Å². The molecule has 0 spiro atoms. The van der Waals surface area contributed by atoms with E-state index in [1.807, 2.05) is 18.5 Å². The molecule has 1 N–H and O–H groups in total. The van der Waals surface area contributed by atoms with Gasteiger partial charge >= 0.3 is 0 Å². The van der Waals surface area contributed by atoms with E-state index in [0.29, 0.717) is 6.54 Å². The van der Waals surface area contributed by atoms with E-state index in [-0.39, 0.29) is 24.0 Å². The lowest BCUT2D eigenvalue weighted by Crippen LogP contribution is -2.40. The molecule has 28 heavy (non-hydrogen) atoms. The number of halogens is 1. The van der Waals surface area contributed by atoms with Crippen LogP contribution in [-0.2, 0) is 17.8 Å². The van der Waals surface area contributed by atoms with Crippen LogP contribution in [0.15, 0.2) is 47.7 Å². The molecule has 1 heterocycles. The number of guanidine groups is 1. The number of nitrogens with one attached hydrogen (secondary N) is 1. The Hall–Kier alpha value is -1.61. The molecule has 1 fully saturated rings. The summed E-state index contributed by atoms with van der Waals surface area (Å²) in [6.07, 6.45) is 6.52. The maximum absolute atomic E-state index is 5.75. The molecule has 1 aromatic carbocycles. The Bertz CT molecular complexity index is 715. The maximum atomic E-state index is 5.75. The Kier molecular flexibility index (Phi) is 9.77. The first-order valence-electron chi connectivity index (χ1n) is 9.87. The molecule has 154 valence electrons. The molecule has 6 nitrogen and oxygen atoms in total. The highest BCUT2D eigenvalue weighted by molar-refractivity contribution is 14.0. The molecule has 1 saturated carbocycles. The summed E-state index contributed by atoms with van der Waals surface area (Å²) in [5.74, 6) is 2.66. The quantitative estimate of drug-likeness (QED) is 0.237. The third-order valence-electron chi connectivity index (χ3n) is 4.69. The van der Waals surface area contributed by atoms with Gasteiger partial charge in [-0.1, -0.05) is 30.3 Å². The molecule has 0 bridgehead atoms. The average Bonchev–Trinajstić information content (AvgIpc) is 3.41. The van der Waals surface area contributed by atoms with Gasteiger partial charge in [0, 0.05) is 45.7 Å². The number of hydrogen-bond donors (Lipinski definition) is 1. The van der Waals surface area contributed by atoms with Crippen molar-refractivity contribution in [3.05, 3.63) is 54.1 Å². The predicted octanol–water partition coefficient (Wildman–Crippen LogP) is 3.37. The van der Waals surface area contributed by atoms with Crippen LogP contribution >= 0.6 is 24.0 Å². The molecular weight excluding hydrogens is 465 g/mol. The minimum Gasteiger partial charge on any atom is -0.379 e. The van der Waals surface area contributed by atoms with Crippen molar-refractivity contribution < 1.29 is 4.74 Å². The summed E-state index contributed by atoms with van der Waals surface area (Å²) >= 11 is 0. The lowest BCUT2D eigenvalue weighted by molar-refractivity contribution is 0.115. The first-order valence-corrected chi connectivity index (χ1v) is 9.87. The monoisotopic (exact) mass is 497 g/mol. The molecule has 7 heteroatoms. The number of aliphatic imine (C=N–C) groups is 1. The molecule has 1 aliphatic carbocycles. The first-order chi connectivity index (χ1) is 13.3. The van der Waals surface area contributed by atoms with E-state index in [1.54, 1.807) is 0 Å². The topological polar surface area (TPSA) is 54.7 Å². The fraction of sp³-hybridized carbons (Fsp3) is 0.524. The number of likely N-dealkylation sites (N-methyl/N-ethyl adjacent to an activating group) is 1. The van der Waals surface area contributed by atoms with E-state index < -0.39 is 0 Å². The van der Waals surface area contributed by atoms with Gasteiger partial charge in [-0.25, -0.2) is 9.98 Å². The van der Waals surface area contributed by atoms with Crippen LogP contribution in [0.1, 0.15) is 31.2 Å². The zero-order valence-electron chi connectivity index (χ0n) is 16.9. The van der Waals surface area contributed by atoms with Crippen molar-refractivity contribution >= 4 is 29.9 Å². The second-order valence-electron chi connectivity index (χ2n) is 7.07. The van der Waals surface area contributed by atoms with Gasteiger partial charge in [0.05, 0.1) is 6.61 Å². The molecule has 0 unspecified atom stereocenters. The van der Waals surface area contributed by atoms with Crippen molar-refractivity contribution in [1.82, 2.24) is 19.8 Å². The molecule has 2 aromatic rings. The van der Waals surface area contributed by atoms with Crippen LogP contribution < -0.4 is 5.32 Å². The van der Waals surface area contributed by atoms with Crippen molar-refractivity contribution in [2.24, 2.45) is 10.9 Å². The predicted molar refractivity (Wildman–Crippen MR) is 124 cm³/mol. The number of benzene rings is 1. The summed E-state index contributed by atoms with van der Waals surface area (Å²) in [5, 5.41) is 3.36. The number of imidazole rings is 1. The Morgan fingerprint density at radius 3 is 2.82 bits per heavy atom. The van der Waals surface area contributed by atoms with E-state index in [9.17, 15) is 0 Å². The third-order valence-corrected chi connectivity index (χ3v) is 4.69. The van der Waals surface area contributed by atoms with Crippen molar-refractivity contribution in [1.29, 1.82) is 0 Å². The molecule has 0 radical (unpaired) electrons. The molecule has 1 aromatic heterocycles. The SMILES string of the molecule is CCNC(=NCc1nccn1Cc1ccccc1)N(C)CCOCC1CC1.I. The highest BCUT2D eigenvalue weighted by Crippen LogP contribution is 2.28. The van der Waals surface area contributed by atoms with Crippen LogP contribution in [0.2, 0.25) is 0 Å². The Morgan fingerprint density at radius 2 is 2.11 bits per heavy atom. The van der Waals surface area contributed by atoms with Crippen LogP contribution in [0.3, 0.4) is 0 Å². The first kappa shape index (κ1) is 22.7. The van der Waals surface area contributed by atoms with Gasteiger partial charge in [0.2, 0.25) is 0 Å². The van der Waals surface area contributed by atoms with Crippen molar-refractivity contribution in [3.8, 4) is 0 Å². The molecular formula is C21H32IN5O. The van der Waals surface area contributed by atoms with Crippen molar-refractivity contribution in [3.63, 3.8) is 0 Å². The normalized spacial score (nSPS) is 13.9. The van der Waals surface area contributed by atoms with Gasteiger partial charge < -0.3 is 19.5 Å². The Morgan fingerprint density at radius 1 is 1.32 bits per heavy atom. The van der Waals surface area contributed by atoms with Crippen molar-refractivity contribution in [2.45, 2.75) is 32.9 Å². The van der Waals surface area contributed by atoms with Gasteiger partial charge in [0.1, 0.15) is 12.4 Å². The number of hydrogen-bond acceptors (Lipinski definition) is 3. The zero-order valence-corrected chi connectivity index (χ0v) is 19.2. The smallest absolute Gasteiger partial charge is 0.194 e. The summed E-state index contributed by atoms with van der Waals surface area (Å²) < 4.78 is 7.91. The number of ether oxygens (including phenoxy) is 1. The lowest BCUT2D eigenvalue weighted by atomic mass is 10.2. The largest absolute Gasteiger partial charge is 0.379 e. The number of aromatic nitrogens is 2. The molecule has 0 aliphatic heterocycles. The second kappa shape index (κ2) is 12.1. The highest BCUT2D eigenvalue weighted by atomic mass is 127. The number of nitrogens with zero attached hydrogens (tertiary/aromatic N) is 4. The van der Waals surface area contributed by atoms with Gasteiger partial charge in [0.25, 0.3) is 0 Å². The van der Waals surface area contributed by atoms with E-state index >= 15 is 0 Å². The third kappa shape index (κ3) is 7.43. The van der Waals surface area contributed by atoms with Crippen LogP contribution in [0.25, 0.3) is 0 Å². The van der Waals surface area contributed by atoms with Crippen LogP contribution in [0.4, 0.5) is 0 Å². The van der Waals surface area contributed by atoms with Crippen LogP contribution in [0.5, 0.6) is 0 Å². The number of rotatable bonds is 10. The van der Waals surface area contributed by atoms with E-state index in [2.05, 4.69) is 58.0 Å². The summed E-state index contributed by atoms with van der Waals surface area (Å²) in [6.45, 7) is 6.76. The summed E-state index contributed by atoms with van der Waals surface area (Å²) in [5.41, 5.74) is 1.26. The van der Waals surface area contributed by atoms with E-state index in [4.69, 9.17) is 9.73 Å². The highest BCUT2D eigenvalue weighted by Gasteiger charge is 2.21. The van der Waals surface area contributed by atoms with Gasteiger partial charge in [-0.05, 0) is 31.2 Å². The molecule has 3 rings (SSSR count). The van der Waals surface area contributed by atoms with Gasteiger partial charge in [-0.2, -0.15) is 0 Å². The minimum absolute atomic E-state index is 0. The fourth-order valence-corrected chi connectivity index (χ4v) is 2.87. The molecule has 0 saturated heterocycles. The van der Waals surface area contributed by atoms with E-state index in [1.165, 1.54) is 18.4 Å². The van der Waals surface area contributed by atoms with Crippen LogP contribution in [-0.4, -0.2) is 53.8 Å². The molecule has 0 amide bonds. The van der Waals surface area contributed by atoms with E-state index in [0.717, 1.165) is 50.5 Å². The summed E-state index contributed by atoms with van der Waals surface area (Å²) in [4.78, 5) is 11.4. The standard InChI is InChI=1S/C21H31N5O.HI/c1-3-22-21(25(2)13-14-27-17-19-9-10-19)24-15-20-23-11-12-26(20)16-18-7-5-4-6-8-18;/h4-8,11-12,19H,3,9-10,13-17H2,1-2H3,(H,22,24);1H. The molecule has 1 aliphatic rings. The van der Waals surface area contributed by atoms with Crippen molar-refractivity contribution in [2.75, 3.05) is 33.4 Å². The van der Waals surface area contributed by atoms with Gasteiger partial charge in [0.15, 0.2) is 5.96 Å². The average molecular weight is 497 g/mol.